The molecule has 22 heavy (non-hydrogen) atoms. The lowest BCUT2D eigenvalue weighted by atomic mass is 9.86. The lowest BCUT2D eigenvalue weighted by Gasteiger charge is -2.17. The standard InChI is InChI=1S/C19H18O3/c1-21-16-10-13(11-17(12-16)22-2)9-15-8-7-14-5-3-4-6-18(14)19(15)20/h3-6,9-12H,7-8H2,1-2H3/b15-9-. The lowest BCUT2D eigenvalue weighted by Crippen LogP contribution is -2.13. The molecule has 0 spiro atoms. The third-order valence-corrected chi connectivity index (χ3v) is 3.93. The van der Waals surface area contributed by atoms with Crippen LogP contribution in [-0.2, 0) is 6.42 Å². The minimum Gasteiger partial charge on any atom is -0.497 e. The molecule has 0 atom stereocenters. The molecule has 2 aromatic rings. The van der Waals surface area contributed by atoms with Crippen LogP contribution >= 0.6 is 0 Å². The van der Waals surface area contributed by atoms with Gasteiger partial charge in [0, 0.05) is 17.2 Å². The largest absolute Gasteiger partial charge is 0.497 e. The molecule has 2 aromatic carbocycles. The predicted molar refractivity (Wildman–Crippen MR) is 86.6 cm³/mol. The molecule has 0 aliphatic heterocycles. The number of benzene rings is 2. The summed E-state index contributed by atoms with van der Waals surface area (Å²) in [7, 11) is 3.24. The number of carbonyl (C=O) groups excluding carboxylic acids is 1. The number of ether oxygens (including phenoxy) is 2. The predicted octanol–water partition coefficient (Wildman–Crippen LogP) is 3.92. The molecular weight excluding hydrogens is 276 g/mol. The fourth-order valence-corrected chi connectivity index (χ4v) is 2.77. The highest BCUT2D eigenvalue weighted by Gasteiger charge is 2.21. The molecule has 0 aromatic heterocycles. The summed E-state index contributed by atoms with van der Waals surface area (Å²) in [6, 6.07) is 13.4. The first-order valence-corrected chi connectivity index (χ1v) is 7.27. The van der Waals surface area contributed by atoms with Crippen molar-refractivity contribution < 1.29 is 14.3 Å². The van der Waals surface area contributed by atoms with Crippen LogP contribution in [0.3, 0.4) is 0 Å². The monoisotopic (exact) mass is 294 g/mol. The van der Waals surface area contributed by atoms with Crippen LogP contribution in [-0.4, -0.2) is 20.0 Å². The first-order valence-electron chi connectivity index (χ1n) is 7.27. The summed E-state index contributed by atoms with van der Waals surface area (Å²) in [6.07, 6.45) is 3.59. The fourth-order valence-electron chi connectivity index (χ4n) is 2.77. The van der Waals surface area contributed by atoms with E-state index < -0.39 is 0 Å². The minimum absolute atomic E-state index is 0.114. The van der Waals surface area contributed by atoms with Crippen LogP contribution in [0, 0.1) is 0 Å². The summed E-state index contributed by atoms with van der Waals surface area (Å²) in [5.74, 6) is 1.55. The number of hydrogen-bond donors (Lipinski definition) is 0. The Bertz CT molecular complexity index is 722. The third-order valence-electron chi connectivity index (χ3n) is 3.93. The van der Waals surface area contributed by atoms with E-state index in [0.29, 0.717) is 0 Å². The van der Waals surface area contributed by atoms with Gasteiger partial charge in [0.1, 0.15) is 11.5 Å². The number of methoxy groups -OCH3 is 2. The van der Waals surface area contributed by atoms with Crippen LogP contribution in [0.5, 0.6) is 11.5 Å². The van der Waals surface area contributed by atoms with Crippen molar-refractivity contribution in [3.05, 3.63) is 64.7 Å². The second-order valence-corrected chi connectivity index (χ2v) is 5.30. The van der Waals surface area contributed by atoms with E-state index in [1.165, 1.54) is 0 Å². The Morgan fingerprint density at radius 3 is 2.32 bits per heavy atom. The van der Waals surface area contributed by atoms with Gasteiger partial charge >= 0.3 is 0 Å². The second-order valence-electron chi connectivity index (χ2n) is 5.30. The van der Waals surface area contributed by atoms with Crippen molar-refractivity contribution in [2.75, 3.05) is 14.2 Å². The van der Waals surface area contributed by atoms with E-state index in [1.807, 2.05) is 48.5 Å². The summed E-state index contributed by atoms with van der Waals surface area (Å²) >= 11 is 0. The summed E-state index contributed by atoms with van der Waals surface area (Å²) in [5.41, 5.74) is 3.69. The first kappa shape index (κ1) is 14.4. The van der Waals surface area contributed by atoms with Crippen molar-refractivity contribution >= 4 is 11.9 Å². The number of rotatable bonds is 3. The van der Waals surface area contributed by atoms with Gasteiger partial charge < -0.3 is 9.47 Å². The SMILES string of the molecule is COc1cc(/C=C2/CCc3ccccc3C2=O)cc(OC)c1. The zero-order valence-corrected chi connectivity index (χ0v) is 12.8. The Hall–Kier alpha value is -2.55. The maximum atomic E-state index is 12.6. The van der Waals surface area contributed by atoms with Crippen molar-refractivity contribution in [2.24, 2.45) is 0 Å². The Balaban J connectivity index is 1.98. The summed E-state index contributed by atoms with van der Waals surface area (Å²) in [4.78, 5) is 12.6. The van der Waals surface area contributed by atoms with E-state index in [2.05, 4.69) is 0 Å². The average molecular weight is 294 g/mol. The first-order chi connectivity index (χ1) is 10.7. The van der Waals surface area contributed by atoms with E-state index >= 15 is 0 Å². The second kappa shape index (κ2) is 6.06. The Morgan fingerprint density at radius 2 is 1.64 bits per heavy atom. The highest BCUT2D eigenvalue weighted by atomic mass is 16.5. The van der Waals surface area contributed by atoms with Gasteiger partial charge in [0.25, 0.3) is 0 Å². The van der Waals surface area contributed by atoms with Crippen molar-refractivity contribution in [3.8, 4) is 11.5 Å². The number of fused-ring (bicyclic) bond motifs is 1. The van der Waals surface area contributed by atoms with E-state index in [4.69, 9.17) is 9.47 Å². The number of hydrogen-bond acceptors (Lipinski definition) is 3. The summed E-state index contributed by atoms with van der Waals surface area (Å²) < 4.78 is 10.6. The van der Waals surface area contributed by atoms with Crippen LogP contribution in [0.25, 0.3) is 6.08 Å². The fraction of sp³-hybridized carbons (Fsp3) is 0.211. The molecule has 0 unspecified atom stereocenters. The number of ketones is 1. The van der Waals surface area contributed by atoms with Crippen LogP contribution < -0.4 is 9.47 Å². The molecule has 0 saturated carbocycles. The normalized spacial score (nSPS) is 15.5. The molecule has 3 rings (SSSR count). The maximum Gasteiger partial charge on any atom is 0.189 e. The Kier molecular flexibility index (Phi) is 3.96. The molecule has 1 aliphatic rings. The van der Waals surface area contributed by atoms with Crippen LogP contribution in [0.15, 0.2) is 48.0 Å². The van der Waals surface area contributed by atoms with Gasteiger partial charge in [-0.15, -0.1) is 0 Å². The molecule has 0 heterocycles. The third kappa shape index (κ3) is 2.75. The van der Waals surface area contributed by atoms with Crippen molar-refractivity contribution in [3.63, 3.8) is 0 Å². The molecule has 0 fully saturated rings. The van der Waals surface area contributed by atoms with Crippen molar-refractivity contribution in [2.45, 2.75) is 12.8 Å². The van der Waals surface area contributed by atoms with Gasteiger partial charge in [0.05, 0.1) is 14.2 Å². The number of aryl methyl sites for hydroxylation is 1. The summed E-state index contributed by atoms with van der Waals surface area (Å²) in [6.45, 7) is 0. The zero-order chi connectivity index (χ0) is 15.5. The molecule has 0 radical (unpaired) electrons. The minimum atomic E-state index is 0.114. The van der Waals surface area contributed by atoms with Crippen LogP contribution in [0.4, 0.5) is 0 Å². The molecule has 1 aliphatic carbocycles. The van der Waals surface area contributed by atoms with Gasteiger partial charge in [-0.3, -0.25) is 4.79 Å². The molecule has 3 heteroatoms. The van der Waals surface area contributed by atoms with Crippen LogP contribution in [0.1, 0.15) is 27.9 Å². The van der Waals surface area contributed by atoms with E-state index in [1.54, 1.807) is 14.2 Å². The van der Waals surface area contributed by atoms with Gasteiger partial charge in [0.15, 0.2) is 5.78 Å². The highest BCUT2D eigenvalue weighted by molar-refractivity contribution is 6.13. The quantitative estimate of drug-likeness (QED) is 0.805. The lowest BCUT2D eigenvalue weighted by molar-refractivity contribution is 0.102. The van der Waals surface area contributed by atoms with Crippen molar-refractivity contribution in [1.82, 2.24) is 0 Å². The van der Waals surface area contributed by atoms with Gasteiger partial charge in [0.2, 0.25) is 0 Å². The number of Topliss-reactive ketones (excluding diaryl/α,β-unsaturated/α-hetero) is 1. The number of allylic oxidation sites excluding steroid dienone is 1. The molecular formula is C19H18O3. The van der Waals surface area contributed by atoms with Crippen LogP contribution in [0.2, 0.25) is 0 Å². The van der Waals surface area contributed by atoms with E-state index in [9.17, 15) is 4.79 Å². The topological polar surface area (TPSA) is 35.5 Å². The van der Waals surface area contributed by atoms with Gasteiger partial charge in [-0.2, -0.15) is 0 Å². The smallest absolute Gasteiger partial charge is 0.189 e. The maximum absolute atomic E-state index is 12.6. The summed E-state index contributed by atoms with van der Waals surface area (Å²) in [5, 5.41) is 0. The molecule has 0 amide bonds. The Morgan fingerprint density at radius 1 is 0.955 bits per heavy atom. The molecule has 112 valence electrons. The zero-order valence-electron chi connectivity index (χ0n) is 12.8. The molecule has 3 nitrogen and oxygen atoms in total. The average Bonchev–Trinajstić information content (AvgIpc) is 2.57. The van der Waals surface area contributed by atoms with Gasteiger partial charge in [-0.1, -0.05) is 24.3 Å². The van der Waals surface area contributed by atoms with E-state index in [0.717, 1.165) is 46.6 Å². The number of carbonyl (C=O) groups is 1. The molecule has 0 N–H and O–H groups in total. The van der Waals surface area contributed by atoms with E-state index in [-0.39, 0.29) is 5.78 Å². The highest BCUT2D eigenvalue weighted by Crippen LogP contribution is 2.29. The molecule has 0 saturated heterocycles. The Labute approximate surface area is 130 Å². The molecule has 0 bridgehead atoms. The van der Waals surface area contributed by atoms with Gasteiger partial charge in [-0.05, 0) is 42.2 Å². The van der Waals surface area contributed by atoms with Crippen molar-refractivity contribution in [1.29, 1.82) is 0 Å². The van der Waals surface area contributed by atoms with Gasteiger partial charge in [-0.25, -0.2) is 0 Å².